The summed E-state index contributed by atoms with van der Waals surface area (Å²) < 4.78 is 10.9. The van der Waals surface area contributed by atoms with Crippen molar-refractivity contribution in [1.82, 2.24) is 0 Å². The molecule has 0 amide bonds. The molecule has 2 nitrogen and oxygen atoms in total. The smallest absolute Gasteiger partial charge is 0.0717 e. The van der Waals surface area contributed by atoms with Crippen molar-refractivity contribution < 1.29 is 9.47 Å². The van der Waals surface area contributed by atoms with Gasteiger partial charge < -0.3 is 9.47 Å². The molecule has 0 aliphatic carbocycles. The van der Waals surface area contributed by atoms with E-state index in [0.29, 0.717) is 13.2 Å². The molecule has 0 aliphatic heterocycles. The van der Waals surface area contributed by atoms with E-state index in [4.69, 9.17) is 9.47 Å². The molecule has 0 N–H and O–H groups in total. The lowest BCUT2D eigenvalue weighted by molar-refractivity contribution is 0.133. The standard InChI is InChI=1S/C12H16Br2O2/c13-4-6-15-9-11-2-1-3-12(8-11)10-16-7-5-14/h1-3,8H,4-7,9-10H2. The van der Waals surface area contributed by atoms with Crippen LogP contribution in [0.25, 0.3) is 0 Å². The van der Waals surface area contributed by atoms with Gasteiger partial charge in [0.1, 0.15) is 0 Å². The van der Waals surface area contributed by atoms with Gasteiger partial charge in [0.05, 0.1) is 26.4 Å². The van der Waals surface area contributed by atoms with Crippen LogP contribution in [0.5, 0.6) is 0 Å². The lowest BCUT2D eigenvalue weighted by Gasteiger charge is -2.06. The van der Waals surface area contributed by atoms with Crippen LogP contribution in [-0.4, -0.2) is 23.9 Å². The summed E-state index contributed by atoms with van der Waals surface area (Å²) in [5.41, 5.74) is 2.39. The van der Waals surface area contributed by atoms with Gasteiger partial charge in [0.15, 0.2) is 0 Å². The lowest BCUT2D eigenvalue weighted by atomic mass is 10.1. The number of alkyl halides is 2. The van der Waals surface area contributed by atoms with Crippen LogP contribution >= 0.6 is 31.9 Å². The van der Waals surface area contributed by atoms with Gasteiger partial charge in [-0.3, -0.25) is 0 Å². The predicted octanol–water partition coefficient (Wildman–Crippen LogP) is 3.51. The third-order valence-electron chi connectivity index (χ3n) is 1.97. The zero-order valence-electron chi connectivity index (χ0n) is 9.12. The largest absolute Gasteiger partial charge is 0.376 e. The van der Waals surface area contributed by atoms with Crippen LogP contribution in [0, 0.1) is 0 Å². The number of hydrogen-bond donors (Lipinski definition) is 0. The third-order valence-corrected chi connectivity index (χ3v) is 2.62. The Morgan fingerprint density at radius 1 is 0.875 bits per heavy atom. The fourth-order valence-electron chi connectivity index (χ4n) is 1.30. The predicted molar refractivity (Wildman–Crippen MR) is 73.3 cm³/mol. The maximum absolute atomic E-state index is 5.45. The molecule has 0 atom stereocenters. The molecule has 0 spiro atoms. The molecule has 0 aliphatic rings. The van der Waals surface area contributed by atoms with Crippen LogP contribution in [0.2, 0.25) is 0 Å². The second-order valence-corrected chi connectivity index (χ2v) is 4.89. The maximum atomic E-state index is 5.45. The average Bonchev–Trinajstić information content (AvgIpc) is 2.30. The van der Waals surface area contributed by atoms with Crippen molar-refractivity contribution in [3.05, 3.63) is 35.4 Å². The number of ether oxygens (including phenoxy) is 2. The van der Waals surface area contributed by atoms with E-state index in [-0.39, 0.29) is 0 Å². The van der Waals surface area contributed by atoms with Crippen LogP contribution in [-0.2, 0) is 22.7 Å². The minimum absolute atomic E-state index is 0.665. The molecule has 0 saturated carbocycles. The molecule has 1 aromatic carbocycles. The second kappa shape index (κ2) is 9.16. The quantitative estimate of drug-likeness (QED) is 0.527. The Hall–Kier alpha value is 0.100. The first-order chi connectivity index (χ1) is 7.86. The molecule has 0 heterocycles. The summed E-state index contributed by atoms with van der Waals surface area (Å²) >= 11 is 6.66. The highest BCUT2D eigenvalue weighted by Gasteiger charge is 1.97. The van der Waals surface area contributed by atoms with Crippen molar-refractivity contribution in [3.63, 3.8) is 0 Å². The molecule has 1 rings (SSSR count). The molecule has 1 aromatic rings. The highest BCUT2D eigenvalue weighted by molar-refractivity contribution is 9.09. The van der Waals surface area contributed by atoms with Crippen LogP contribution < -0.4 is 0 Å². The van der Waals surface area contributed by atoms with Crippen molar-refractivity contribution in [2.24, 2.45) is 0 Å². The summed E-state index contributed by atoms with van der Waals surface area (Å²) in [6, 6.07) is 8.31. The molecule has 4 heteroatoms. The average molecular weight is 352 g/mol. The summed E-state index contributed by atoms with van der Waals surface area (Å²) in [7, 11) is 0. The van der Waals surface area contributed by atoms with Crippen molar-refractivity contribution in [3.8, 4) is 0 Å². The number of rotatable bonds is 8. The van der Waals surface area contributed by atoms with Crippen LogP contribution in [0.4, 0.5) is 0 Å². The van der Waals surface area contributed by atoms with E-state index >= 15 is 0 Å². The van der Waals surface area contributed by atoms with Crippen molar-refractivity contribution >= 4 is 31.9 Å². The molecular formula is C12H16Br2O2. The summed E-state index contributed by atoms with van der Waals surface area (Å²) in [4.78, 5) is 0. The first-order valence-corrected chi connectivity index (χ1v) is 7.46. The van der Waals surface area contributed by atoms with Gasteiger partial charge in [-0.2, -0.15) is 0 Å². The number of hydrogen-bond acceptors (Lipinski definition) is 2. The van der Waals surface area contributed by atoms with E-state index in [1.807, 2.05) is 6.07 Å². The normalized spacial score (nSPS) is 10.6. The fourth-order valence-corrected chi connectivity index (χ4v) is 1.76. The molecule has 0 aromatic heterocycles. The monoisotopic (exact) mass is 350 g/mol. The molecule has 0 fully saturated rings. The van der Waals surface area contributed by atoms with Crippen molar-refractivity contribution in [2.45, 2.75) is 13.2 Å². The van der Waals surface area contributed by atoms with E-state index < -0.39 is 0 Å². The highest BCUT2D eigenvalue weighted by atomic mass is 79.9. The molecule has 16 heavy (non-hydrogen) atoms. The summed E-state index contributed by atoms with van der Waals surface area (Å²) in [5, 5.41) is 1.75. The molecule has 0 radical (unpaired) electrons. The topological polar surface area (TPSA) is 18.5 Å². The van der Waals surface area contributed by atoms with Crippen LogP contribution in [0.15, 0.2) is 24.3 Å². The fraction of sp³-hybridized carbons (Fsp3) is 0.500. The van der Waals surface area contributed by atoms with Gasteiger partial charge in [0.2, 0.25) is 0 Å². The van der Waals surface area contributed by atoms with E-state index in [1.165, 1.54) is 11.1 Å². The van der Waals surface area contributed by atoms with Crippen LogP contribution in [0.1, 0.15) is 11.1 Å². The lowest BCUT2D eigenvalue weighted by Crippen LogP contribution is -1.99. The Balaban J connectivity index is 2.37. The first kappa shape index (κ1) is 14.2. The molecule has 0 bridgehead atoms. The van der Waals surface area contributed by atoms with Gasteiger partial charge in [-0.15, -0.1) is 0 Å². The Morgan fingerprint density at radius 2 is 1.38 bits per heavy atom. The SMILES string of the molecule is BrCCOCc1cccc(COCCBr)c1. The molecular weight excluding hydrogens is 336 g/mol. The Morgan fingerprint density at radius 3 is 1.81 bits per heavy atom. The summed E-state index contributed by atoms with van der Waals surface area (Å²) in [6.45, 7) is 2.81. The Labute approximate surface area is 114 Å². The molecule has 0 saturated heterocycles. The van der Waals surface area contributed by atoms with Crippen LogP contribution in [0.3, 0.4) is 0 Å². The minimum atomic E-state index is 0.665. The van der Waals surface area contributed by atoms with Gasteiger partial charge in [-0.25, -0.2) is 0 Å². The highest BCUT2D eigenvalue weighted by Crippen LogP contribution is 2.08. The van der Waals surface area contributed by atoms with Gasteiger partial charge in [0, 0.05) is 10.7 Å². The van der Waals surface area contributed by atoms with Gasteiger partial charge in [-0.05, 0) is 11.1 Å². The number of halogens is 2. The molecule has 90 valence electrons. The Kier molecular flexibility index (Phi) is 8.11. The molecule has 0 unspecified atom stereocenters. The zero-order valence-corrected chi connectivity index (χ0v) is 12.3. The first-order valence-electron chi connectivity index (χ1n) is 5.22. The Bertz CT molecular complexity index is 267. The van der Waals surface area contributed by atoms with Gasteiger partial charge in [0.25, 0.3) is 0 Å². The van der Waals surface area contributed by atoms with Crippen molar-refractivity contribution in [2.75, 3.05) is 23.9 Å². The second-order valence-electron chi connectivity index (χ2n) is 3.30. The van der Waals surface area contributed by atoms with E-state index in [1.54, 1.807) is 0 Å². The van der Waals surface area contributed by atoms with E-state index in [2.05, 4.69) is 50.1 Å². The zero-order chi connectivity index (χ0) is 11.6. The maximum Gasteiger partial charge on any atom is 0.0717 e. The van der Waals surface area contributed by atoms with Gasteiger partial charge >= 0.3 is 0 Å². The van der Waals surface area contributed by atoms with Gasteiger partial charge in [-0.1, -0.05) is 56.1 Å². The van der Waals surface area contributed by atoms with Crippen molar-refractivity contribution in [1.29, 1.82) is 0 Å². The number of benzene rings is 1. The minimum Gasteiger partial charge on any atom is -0.376 e. The summed E-state index contributed by atoms with van der Waals surface area (Å²) in [5.74, 6) is 0. The third kappa shape index (κ3) is 5.99. The van der Waals surface area contributed by atoms with E-state index in [9.17, 15) is 0 Å². The van der Waals surface area contributed by atoms with E-state index in [0.717, 1.165) is 23.9 Å². The summed E-state index contributed by atoms with van der Waals surface area (Å²) in [6.07, 6.45) is 0.